The van der Waals surface area contributed by atoms with Crippen LogP contribution in [0.1, 0.15) is 52.8 Å². The van der Waals surface area contributed by atoms with Crippen LogP contribution in [0.2, 0.25) is 0 Å². The minimum absolute atomic E-state index is 0.687. The molecular formula is C35H40N6S. The number of rotatable bonds is 10. The molecule has 42 heavy (non-hydrogen) atoms. The standard InChI is InChI=1S/C35H40N6S/c1-7-8-30(34-12-10-24(4)42-34)31-19-33(39-26(31)6)35-25(5)32(40-41-35)11-9-22(2)28-18-29(21-37-20-28)38-23(3)17-27-13-15-36-16-14-27/h7-12,18-21,27,36,38-40H,1,3,5,13-17H2,2,4,6H3/b22-9+,30-8+,32-11+. The van der Waals surface area contributed by atoms with Gasteiger partial charge >= 0.3 is 0 Å². The van der Waals surface area contributed by atoms with E-state index in [1.54, 1.807) is 11.3 Å². The van der Waals surface area contributed by atoms with Crippen molar-refractivity contribution in [3.05, 3.63) is 111 Å². The number of allylic oxidation sites excluding steroid dienone is 5. The highest BCUT2D eigenvalue weighted by atomic mass is 32.1. The first-order chi connectivity index (χ1) is 20.3. The maximum absolute atomic E-state index is 4.62. The molecule has 216 valence electrons. The summed E-state index contributed by atoms with van der Waals surface area (Å²) in [5.74, 6) is 0.687. The molecule has 0 unspecified atom stereocenters. The quantitative estimate of drug-likeness (QED) is 0.158. The maximum atomic E-state index is 4.62. The SMILES string of the molecule is C=C/C=C(/c1ccc(C)s1)c1cc(-c2n[nH]/c(=C/C=C(\C)c3cncc(NC(=C)CC4CCNCC4)c3)c2=C)[nH]c1C. The molecule has 4 aromatic heterocycles. The number of piperidine rings is 1. The number of thiophene rings is 1. The third kappa shape index (κ3) is 6.81. The van der Waals surface area contributed by atoms with Gasteiger partial charge in [-0.05, 0) is 101 Å². The van der Waals surface area contributed by atoms with Gasteiger partial charge in [0.15, 0.2) is 0 Å². The lowest BCUT2D eigenvalue weighted by atomic mass is 9.93. The third-order valence-electron chi connectivity index (χ3n) is 7.76. The van der Waals surface area contributed by atoms with Gasteiger partial charge < -0.3 is 15.6 Å². The number of nitrogens with one attached hydrogen (secondary N) is 4. The Kier molecular flexibility index (Phi) is 9.20. The Bertz CT molecular complexity index is 1760. The Balaban J connectivity index is 1.34. The molecular weight excluding hydrogens is 536 g/mol. The van der Waals surface area contributed by atoms with Crippen molar-refractivity contribution >= 4 is 40.8 Å². The third-order valence-corrected chi connectivity index (χ3v) is 8.79. The molecule has 6 nitrogen and oxygen atoms in total. The number of pyridine rings is 1. The summed E-state index contributed by atoms with van der Waals surface area (Å²) in [4.78, 5) is 10.5. The van der Waals surface area contributed by atoms with Crippen molar-refractivity contribution in [2.75, 3.05) is 18.4 Å². The van der Waals surface area contributed by atoms with E-state index in [0.717, 1.165) is 80.8 Å². The van der Waals surface area contributed by atoms with Crippen molar-refractivity contribution in [2.45, 2.75) is 40.0 Å². The zero-order chi connectivity index (χ0) is 29.6. The number of hydrogen-bond acceptors (Lipinski definition) is 5. The van der Waals surface area contributed by atoms with Gasteiger partial charge in [0.1, 0.15) is 5.69 Å². The van der Waals surface area contributed by atoms with Gasteiger partial charge in [0, 0.05) is 43.7 Å². The number of hydrogen-bond donors (Lipinski definition) is 4. The molecule has 0 saturated carbocycles. The molecule has 0 aromatic carbocycles. The molecule has 0 radical (unpaired) electrons. The molecule has 1 aliphatic heterocycles. The summed E-state index contributed by atoms with van der Waals surface area (Å²) in [6, 6.07) is 8.58. The summed E-state index contributed by atoms with van der Waals surface area (Å²) in [5.41, 5.74) is 9.24. The van der Waals surface area contributed by atoms with Crippen molar-refractivity contribution in [1.29, 1.82) is 0 Å². The lowest BCUT2D eigenvalue weighted by molar-refractivity contribution is 0.373. The van der Waals surface area contributed by atoms with Gasteiger partial charge in [-0.2, -0.15) is 5.10 Å². The van der Waals surface area contributed by atoms with Crippen molar-refractivity contribution in [1.82, 2.24) is 25.5 Å². The molecule has 1 fully saturated rings. The number of aryl methyl sites for hydroxylation is 2. The van der Waals surface area contributed by atoms with E-state index in [1.165, 1.54) is 22.6 Å². The summed E-state index contributed by atoms with van der Waals surface area (Å²) in [6.45, 7) is 21.0. The fourth-order valence-corrected chi connectivity index (χ4v) is 6.33. The first-order valence-electron chi connectivity index (χ1n) is 14.4. The Hall–Kier alpha value is -4.20. The zero-order valence-electron chi connectivity index (χ0n) is 24.8. The molecule has 0 spiro atoms. The maximum Gasteiger partial charge on any atom is 0.116 e. The molecule has 7 heteroatoms. The van der Waals surface area contributed by atoms with Crippen LogP contribution in [0.15, 0.2) is 73.7 Å². The average molecular weight is 577 g/mol. The van der Waals surface area contributed by atoms with Gasteiger partial charge in [0.25, 0.3) is 0 Å². The highest BCUT2D eigenvalue weighted by molar-refractivity contribution is 7.13. The number of H-pyrrole nitrogens is 2. The monoisotopic (exact) mass is 576 g/mol. The Morgan fingerprint density at radius 2 is 1.95 bits per heavy atom. The minimum atomic E-state index is 0.687. The Morgan fingerprint density at radius 3 is 2.69 bits per heavy atom. The van der Waals surface area contributed by atoms with Crippen LogP contribution in [-0.2, 0) is 0 Å². The van der Waals surface area contributed by atoms with Crippen molar-refractivity contribution < 1.29 is 0 Å². The fourth-order valence-electron chi connectivity index (χ4n) is 5.42. The Morgan fingerprint density at radius 1 is 1.14 bits per heavy atom. The highest BCUT2D eigenvalue weighted by Crippen LogP contribution is 2.33. The Labute approximate surface area is 252 Å². The molecule has 0 aliphatic carbocycles. The summed E-state index contributed by atoms with van der Waals surface area (Å²) in [6.07, 6.45) is 15.1. The number of nitrogens with zero attached hydrogens (tertiary/aromatic N) is 2. The van der Waals surface area contributed by atoms with Crippen LogP contribution in [0.3, 0.4) is 0 Å². The molecule has 0 bridgehead atoms. The van der Waals surface area contributed by atoms with E-state index >= 15 is 0 Å². The van der Waals surface area contributed by atoms with Crippen LogP contribution in [0.5, 0.6) is 0 Å². The van der Waals surface area contributed by atoms with Gasteiger partial charge in [-0.15, -0.1) is 11.3 Å². The normalized spacial score (nSPS) is 15.3. The predicted octanol–water partition coefficient (Wildman–Crippen LogP) is 6.71. The first kappa shape index (κ1) is 29.3. The van der Waals surface area contributed by atoms with E-state index < -0.39 is 0 Å². The van der Waals surface area contributed by atoms with Gasteiger partial charge in [-0.1, -0.05) is 38.0 Å². The second-order valence-corrected chi connectivity index (χ2v) is 12.3. The summed E-state index contributed by atoms with van der Waals surface area (Å²) < 4.78 is 0. The van der Waals surface area contributed by atoms with Crippen LogP contribution >= 0.6 is 11.3 Å². The van der Waals surface area contributed by atoms with Gasteiger partial charge in [-0.25, -0.2) is 0 Å². The van der Waals surface area contributed by atoms with E-state index in [1.807, 2.05) is 24.5 Å². The van der Waals surface area contributed by atoms with Crippen molar-refractivity contribution in [2.24, 2.45) is 5.92 Å². The average Bonchev–Trinajstić information content (AvgIpc) is 3.69. The van der Waals surface area contributed by atoms with Crippen molar-refractivity contribution in [3.63, 3.8) is 0 Å². The van der Waals surface area contributed by atoms with E-state index in [4.69, 9.17) is 0 Å². The van der Waals surface area contributed by atoms with Crippen molar-refractivity contribution in [3.8, 4) is 11.4 Å². The molecule has 0 atom stereocenters. The van der Waals surface area contributed by atoms with Gasteiger partial charge in [0.05, 0.1) is 22.9 Å². The van der Waals surface area contributed by atoms with Gasteiger partial charge in [0.2, 0.25) is 0 Å². The molecule has 0 amide bonds. The zero-order valence-corrected chi connectivity index (χ0v) is 25.6. The molecule has 4 aromatic rings. The summed E-state index contributed by atoms with van der Waals surface area (Å²) >= 11 is 1.78. The van der Waals surface area contributed by atoms with Crippen LogP contribution < -0.4 is 21.2 Å². The second-order valence-electron chi connectivity index (χ2n) is 11.0. The summed E-state index contributed by atoms with van der Waals surface area (Å²) in [5, 5.41) is 16.4. The second kappa shape index (κ2) is 13.2. The lowest BCUT2D eigenvalue weighted by Crippen LogP contribution is -2.28. The minimum Gasteiger partial charge on any atom is -0.358 e. The number of anilines is 1. The smallest absolute Gasteiger partial charge is 0.116 e. The molecule has 4 N–H and O–H groups in total. The van der Waals surface area contributed by atoms with Gasteiger partial charge in [-0.3, -0.25) is 10.1 Å². The van der Waals surface area contributed by atoms with Crippen LogP contribution in [0, 0.1) is 19.8 Å². The topological polar surface area (TPSA) is 81.4 Å². The first-order valence-corrected chi connectivity index (χ1v) is 15.3. The van der Waals surface area contributed by atoms with Crippen LogP contribution in [0.4, 0.5) is 5.69 Å². The van der Waals surface area contributed by atoms with E-state index in [-0.39, 0.29) is 0 Å². The van der Waals surface area contributed by atoms with Crippen LogP contribution in [0.25, 0.3) is 35.2 Å². The molecule has 1 aliphatic rings. The highest BCUT2D eigenvalue weighted by Gasteiger charge is 2.16. The number of aromatic nitrogens is 4. The molecule has 5 rings (SSSR count). The molecule has 5 heterocycles. The van der Waals surface area contributed by atoms with Crippen LogP contribution in [-0.4, -0.2) is 33.3 Å². The fraction of sp³-hybridized carbons (Fsp3) is 0.257. The summed E-state index contributed by atoms with van der Waals surface area (Å²) in [7, 11) is 0. The van der Waals surface area contributed by atoms with E-state index in [0.29, 0.717) is 5.92 Å². The molecule has 1 saturated heterocycles. The van der Waals surface area contributed by atoms with E-state index in [9.17, 15) is 0 Å². The number of aromatic amines is 2. The predicted molar refractivity (Wildman–Crippen MR) is 180 cm³/mol. The van der Waals surface area contributed by atoms with E-state index in [2.05, 4.69) is 108 Å². The lowest BCUT2D eigenvalue weighted by Gasteiger charge is -2.23. The largest absolute Gasteiger partial charge is 0.358 e.